The number of ether oxygens (including phenoxy) is 1. The fourth-order valence-corrected chi connectivity index (χ4v) is 1.28. The zero-order chi connectivity index (χ0) is 11.7. The van der Waals surface area contributed by atoms with Gasteiger partial charge in [-0.05, 0) is 19.3 Å². The van der Waals surface area contributed by atoms with Crippen LogP contribution >= 0.6 is 0 Å². The van der Waals surface area contributed by atoms with Crippen LogP contribution in [-0.2, 0) is 9.53 Å². The monoisotopic (exact) mass is 212 g/mol. The van der Waals surface area contributed by atoms with E-state index in [0.717, 1.165) is 25.3 Å². The second-order valence-corrected chi connectivity index (χ2v) is 3.65. The Balaban J connectivity index is 4.27. The number of carbonyl (C=O) groups excluding carboxylic acids is 1. The Kier molecular flexibility index (Phi) is 6.71. The maximum absolute atomic E-state index is 10.9. The van der Waals surface area contributed by atoms with E-state index in [4.69, 9.17) is 4.74 Å². The number of allylic oxidation sites excluding steroid dienone is 1. The normalized spacial score (nSPS) is 14.0. The molecule has 1 atom stereocenters. The largest absolute Gasteiger partial charge is 0.462 e. The van der Waals surface area contributed by atoms with Crippen molar-refractivity contribution in [1.82, 2.24) is 0 Å². The molecule has 0 rings (SSSR count). The summed E-state index contributed by atoms with van der Waals surface area (Å²) in [5.74, 6) is -0.445. The minimum atomic E-state index is -0.445. The van der Waals surface area contributed by atoms with E-state index in [2.05, 4.69) is 13.2 Å². The van der Waals surface area contributed by atoms with Gasteiger partial charge in [-0.1, -0.05) is 19.6 Å². The minimum Gasteiger partial charge on any atom is -0.462 e. The van der Waals surface area contributed by atoms with E-state index in [1.165, 1.54) is 0 Å². The molecule has 0 aliphatic heterocycles. The van der Waals surface area contributed by atoms with Crippen molar-refractivity contribution in [3.05, 3.63) is 25.3 Å². The van der Waals surface area contributed by atoms with Crippen LogP contribution in [0.3, 0.4) is 0 Å². The molecule has 0 aromatic heterocycles. The predicted octanol–water partition coefficient (Wildman–Crippen LogP) is 2.07. The molecule has 0 aromatic rings. The number of rotatable bonds is 8. The Morgan fingerprint density at radius 1 is 1.53 bits per heavy atom. The van der Waals surface area contributed by atoms with Crippen LogP contribution in [0.5, 0.6) is 0 Å². The van der Waals surface area contributed by atoms with Crippen molar-refractivity contribution < 1.29 is 14.6 Å². The number of carbonyl (C=O) groups is 1. The molecular weight excluding hydrogens is 192 g/mol. The van der Waals surface area contributed by atoms with Crippen LogP contribution in [0.15, 0.2) is 25.3 Å². The molecule has 3 nitrogen and oxygen atoms in total. The first kappa shape index (κ1) is 13.9. The number of aliphatic hydroxyl groups excluding tert-OH is 1. The van der Waals surface area contributed by atoms with Crippen molar-refractivity contribution >= 4 is 5.97 Å². The molecule has 0 aromatic carbocycles. The predicted molar refractivity (Wildman–Crippen MR) is 60.4 cm³/mol. The average molecular weight is 212 g/mol. The second kappa shape index (κ2) is 7.23. The molecule has 0 saturated heterocycles. The smallest absolute Gasteiger partial charge is 0.330 e. The summed E-state index contributed by atoms with van der Waals surface area (Å²) >= 11 is 0. The highest BCUT2D eigenvalue weighted by molar-refractivity contribution is 5.81. The quantitative estimate of drug-likeness (QED) is 0.380. The molecule has 0 heterocycles. The lowest BCUT2D eigenvalue weighted by atomic mass is 9.82. The summed E-state index contributed by atoms with van der Waals surface area (Å²) in [6.07, 6.45) is 5.27. The van der Waals surface area contributed by atoms with Gasteiger partial charge in [0.25, 0.3) is 0 Å². The van der Waals surface area contributed by atoms with Crippen molar-refractivity contribution in [3.8, 4) is 0 Å². The SMILES string of the molecule is C=CCCC(CC)(CO)COC(=O)C=C. The highest BCUT2D eigenvalue weighted by Crippen LogP contribution is 2.28. The van der Waals surface area contributed by atoms with Gasteiger partial charge < -0.3 is 9.84 Å². The van der Waals surface area contributed by atoms with Gasteiger partial charge in [-0.2, -0.15) is 0 Å². The van der Waals surface area contributed by atoms with E-state index in [1.54, 1.807) is 6.08 Å². The van der Waals surface area contributed by atoms with Crippen LogP contribution in [-0.4, -0.2) is 24.3 Å². The molecule has 3 heteroatoms. The van der Waals surface area contributed by atoms with Crippen molar-refractivity contribution in [3.63, 3.8) is 0 Å². The summed E-state index contributed by atoms with van der Waals surface area (Å²) in [4.78, 5) is 10.9. The fourth-order valence-electron chi connectivity index (χ4n) is 1.28. The van der Waals surface area contributed by atoms with Gasteiger partial charge in [-0.15, -0.1) is 6.58 Å². The van der Waals surface area contributed by atoms with E-state index in [1.807, 2.05) is 6.92 Å². The van der Waals surface area contributed by atoms with Crippen molar-refractivity contribution in [2.24, 2.45) is 5.41 Å². The van der Waals surface area contributed by atoms with Crippen LogP contribution in [0.4, 0.5) is 0 Å². The fraction of sp³-hybridized carbons (Fsp3) is 0.583. The van der Waals surface area contributed by atoms with Gasteiger partial charge in [0.05, 0.1) is 13.2 Å². The average Bonchev–Trinajstić information content (AvgIpc) is 2.30. The van der Waals surface area contributed by atoms with Crippen molar-refractivity contribution in [1.29, 1.82) is 0 Å². The van der Waals surface area contributed by atoms with Crippen molar-refractivity contribution in [2.75, 3.05) is 13.2 Å². The molecule has 0 aliphatic rings. The van der Waals surface area contributed by atoms with E-state index in [-0.39, 0.29) is 18.6 Å². The Hall–Kier alpha value is -1.09. The lowest BCUT2D eigenvalue weighted by Gasteiger charge is -2.29. The summed E-state index contributed by atoms with van der Waals surface area (Å²) in [6.45, 7) is 9.18. The molecule has 0 fully saturated rings. The summed E-state index contributed by atoms with van der Waals surface area (Å²) in [7, 11) is 0. The van der Waals surface area contributed by atoms with Crippen LogP contribution in [0.1, 0.15) is 26.2 Å². The molecule has 1 unspecified atom stereocenters. The van der Waals surface area contributed by atoms with E-state index in [0.29, 0.717) is 0 Å². The van der Waals surface area contributed by atoms with E-state index < -0.39 is 5.97 Å². The molecule has 0 saturated carbocycles. The van der Waals surface area contributed by atoms with Crippen LogP contribution in [0, 0.1) is 5.41 Å². The number of esters is 1. The third kappa shape index (κ3) is 4.79. The Morgan fingerprint density at radius 3 is 2.60 bits per heavy atom. The Labute approximate surface area is 91.4 Å². The van der Waals surface area contributed by atoms with E-state index >= 15 is 0 Å². The van der Waals surface area contributed by atoms with Gasteiger partial charge in [0, 0.05) is 11.5 Å². The topological polar surface area (TPSA) is 46.5 Å². The first-order valence-electron chi connectivity index (χ1n) is 5.15. The Bertz CT molecular complexity index is 217. The van der Waals surface area contributed by atoms with Crippen LogP contribution < -0.4 is 0 Å². The van der Waals surface area contributed by atoms with Gasteiger partial charge >= 0.3 is 5.97 Å². The molecule has 1 N–H and O–H groups in total. The van der Waals surface area contributed by atoms with E-state index in [9.17, 15) is 9.90 Å². The molecule has 0 aliphatic carbocycles. The molecule has 86 valence electrons. The molecular formula is C12H20O3. The van der Waals surface area contributed by atoms with Gasteiger partial charge in [0.2, 0.25) is 0 Å². The summed E-state index contributed by atoms with van der Waals surface area (Å²) in [6, 6.07) is 0. The van der Waals surface area contributed by atoms with Crippen LogP contribution in [0.25, 0.3) is 0 Å². The van der Waals surface area contributed by atoms with Gasteiger partial charge in [0.1, 0.15) is 0 Å². The minimum absolute atomic E-state index is 0.0156. The highest BCUT2D eigenvalue weighted by Gasteiger charge is 2.28. The summed E-state index contributed by atoms with van der Waals surface area (Å²) in [5, 5.41) is 9.34. The maximum atomic E-state index is 10.9. The third-order valence-corrected chi connectivity index (χ3v) is 2.65. The van der Waals surface area contributed by atoms with Gasteiger partial charge in [-0.3, -0.25) is 0 Å². The number of aliphatic hydroxyl groups is 1. The van der Waals surface area contributed by atoms with Crippen LogP contribution in [0.2, 0.25) is 0 Å². The maximum Gasteiger partial charge on any atom is 0.330 e. The first-order chi connectivity index (χ1) is 7.14. The number of hydrogen-bond donors (Lipinski definition) is 1. The first-order valence-corrected chi connectivity index (χ1v) is 5.15. The summed E-state index contributed by atoms with van der Waals surface area (Å²) in [5.41, 5.74) is -0.340. The molecule has 0 radical (unpaired) electrons. The van der Waals surface area contributed by atoms with Gasteiger partial charge in [0.15, 0.2) is 0 Å². The second-order valence-electron chi connectivity index (χ2n) is 3.65. The molecule has 0 bridgehead atoms. The third-order valence-electron chi connectivity index (χ3n) is 2.65. The zero-order valence-corrected chi connectivity index (χ0v) is 9.37. The zero-order valence-electron chi connectivity index (χ0n) is 9.37. The molecule has 15 heavy (non-hydrogen) atoms. The van der Waals surface area contributed by atoms with Gasteiger partial charge in [-0.25, -0.2) is 4.79 Å². The Morgan fingerprint density at radius 2 is 2.20 bits per heavy atom. The highest BCUT2D eigenvalue weighted by atomic mass is 16.5. The standard InChI is InChI=1S/C12H20O3/c1-4-7-8-12(6-3,9-13)10-15-11(14)5-2/h4-5,13H,1-2,6-10H2,3H3. The lowest BCUT2D eigenvalue weighted by molar-refractivity contribution is -0.142. The van der Waals surface area contributed by atoms with Crippen molar-refractivity contribution in [2.45, 2.75) is 26.2 Å². The molecule has 0 amide bonds. The summed E-state index contributed by atoms with van der Waals surface area (Å²) < 4.78 is 4.98. The number of hydrogen-bond acceptors (Lipinski definition) is 3. The molecule has 0 spiro atoms. The lowest BCUT2D eigenvalue weighted by Crippen LogP contribution is -2.31.